The standard InChI is InChI=1S/C25H24FN5O3S/c26-19-9-11-20(12-10-19)31-22-7-3-2-6-21(22)24(28-31)25(32)29-13-15-30(16-14-29)35(33,34)23-8-4-1-5-18(23)17-27/h1,4-5,8-12H,2-3,6-7,13-16H2. The van der Waals surface area contributed by atoms with Gasteiger partial charge in [-0.05, 0) is 62.1 Å². The summed E-state index contributed by atoms with van der Waals surface area (Å²) in [7, 11) is -3.85. The van der Waals surface area contributed by atoms with Crippen LogP contribution in [0.5, 0.6) is 0 Å². The highest BCUT2D eigenvalue weighted by Crippen LogP contribution is 2.29. The lowest BCUT2D eigenvalue weighted by Gasteiger charge is -2.34. The molecule has 1 aliphatic heterocycles. The summed E-state index contributed by atoms with van der Waals surface area (Å²) in [4.78, 5) is 15.1. The molecule has 0 N–H and O–H groups in total. The Morgan fingerprint density at radius 3 is 2.37 bits per heavy atom. The minimum Gasteiger partial charge on any atom is -0.335 e. The topological polar surface area (TPSA) is 99.3 Å². The van der Waals surface area contributed by atoms with Gasteiger partial charge in [0.1, 0.15) is 11.9 Å². The average Bonchev–Trinajstić information content (AvgIpc) is 3.28. The summed E-state index contributed by atoms with van der Waals surface area (Å²) >= 11 is 0. The molecule has 0 atom stereocenters. The van der Waals surface area contributed by atoms with Gasteiger partial charge in [-0.25, -0.2) is 17.5 Å². The molecule has 1 saturated heterocycles. The SMILES string of the molecule is N#Cc1ccccc1S(=O)(=O)N1CCN(C(=O)c2nn(-c3ccc(F)cc3)c3c2CCCC3)CC1. The van der Waals surface area contributed by atoms with Crippen molar-refractivity contribution in [3.8, 4) is 11.8 Å². The van der Waals surface area contributed by atoms with Gasteiger partial charge in [-0.2, -0.15) is 14.7 Å². The highest BCUT2D eigenvalue weighted by atomic mass is 32.2. The number of amides is 1. The summed E-state index contributed by atoms with van der Waals surface area (Å²) < 4.78 is 42.7. The Bertz CT molecular complexity index is 1420. The van der Waals surface area contributed by atoms with E-state index in [2.05, 4.69) is 5.10 Å². The molecule has 10 heteroatoms. The maximum Gasteiger partial charge on any atom is 0.274 e. The molecule has 1 amide bonds. The molecule has 35 heavy (non-hydrogen) atoms. The second-order valence-corrected chi connectivity index (χ2v) is 10.6. The highest BCUT2D eigenvalue weighted by molar-refractivity contribution is 7.89. The lowest BCUT2D eigenvalue weighted by atomic mass is 9.95. The first kappa shape index (κ1) is 23.2. The summed E-state index contributed by atoms with van der Waals surface area (Å²) in [6.45, 7) is 0.722. The Kier molecular flexibility index (Phi) is 6.13. The van der Waals surface area contributed by atoms with Crippen molar-refractivity contribution in [2.75, 3.05) is 26.2 Å². The van der Waals surface area contributed by atoms with Crippen molar-refractivity contribution in [3.05, 3.63) is 76.9 Å². The van der Waals surface area contributed by atoms with Gasteiger partial charge in [0.05, 0.1) is 16.1 Å². The fourth-order valence-corrected chi connectivity index (χ4v) is 6.34. The Morgan fingerprint density at radius 1 is 0.971 bits per heavy atom. The van der Waals surface area contributed by atoms with E-state index >= 15 is 0 Å². The molecule has 180 valence electrons. The van der Waals surface area contributed by atoms with Crippen LogP contribution in [-0.4, -0.2) is 59.5 Å². The summed E-state index contributed by atoms with van der Waals surface area (Å²) in [5.74, 6) is -0.560. The second-order valence-electron chi connectivity index (χ2n) is 8.67. The molecule has 2 heterocycles. The fraction of sp³-hybridized carbons (Fsp3) is 0.320. The van der Waals surface area contributed by atoms with Crippen LogP contribution in [0.15, 0.2) is 53.4 Å². The second kappa shape index (κ2) is 9.24. The largest absolute Gasteiger partial charge is 0.335 e. The molecule has 5 rings (SSSR count). The van der Waals surface area contributed by atoms with Crippen molar-refractivity contribution in [1.29, 1.82) is 5.26 Å². The van der Waals surface area contributed by atoms with Gasteiger partial charge in [-0.3, -0.25) is 4.79 Å². The normalized spacial score (nSPS) is 16.5. The zero-order valence-corrected chi connectivity index (χ0v) is 19.8. The van der Waals surface area contributed by atoms with E-state index in [1.54, 1.807) is 33.8 Å². The average molecular weight is 494 g/mol. The van der Waals surface area contributed by atoms with Crippen molar-refractivity contribution < 1.29 is 17.6 Å². The lowest BCUT2D eigenvalue weighted by molar-refractivity contribution is 0.0690. The third-order valence-corrected chi connectivity index (χ3v) is 8.56. The van der Waals surface area contributed by atoms with Gasteiger partial charge >= 0.3 is 0 Å². The van der Waals surface area contributed by atoms with Gasteiger partial charge < -0.3 is 4.90 Å². The van der Waals surface area contributed by atoms with E-state index in [0.717, 1.165) is 36.9 Å². The predicted octanol–water partition coefficient (Wildman–Crippen LogP) is 2.91. The van der Waals surface area contributed by atoms with Crippen LogP contribution < -0.4 is 0 Å². The molecule has 0 unspecified atom stereocenters. The van der Waals surface area contributed by atoms with Crippen molar-refractivity contribution in [1.82, 2.24) is 19.0 Å². The zero-order valence-electron chi connectivity index (χ0n) is 19.0. The molecule has 8 nitrogen and oxygen atoms in total. The third-order valence-electron chi connectivity index (χ3n) is 6.61. The minimum atomic E-state index is -3.85. The molecular formula is C25H24FN5O3S. The van der Waals surface area contributed by atoms with Gasteiger partial charge in [0.25, 0.3) is 5.91 Å². The van der Waals surface area contributed by atoms with E-state index in [4.69, 9.17) is 0 Å². The number of sulfonamides is 1. The molecule has 1 fully saturated rings. The van der Waals surface area contributed by atoms with Crippen LogP contribution >= 0.6 is 0 Å². The number of benzene rings is 2. The predicted molar refractivity (Wildman–Crippen MR) is 126 cm³/mol. The minimum absolute atomic E-state index is 0.0191. The first-order valence-electron chi connectivity index (χ1n) is 11.6. The molecule has 2 aliphatic rings. The first-order valence-corrected chi connectivity index (χ1v) is 13.0. The van der Waals surface area contributed by atoms with Gasteiger partial charge in [0.2, 0.25) is 10.0 Å². The smallest absolute Gasteiger partial charge is 0.274 e. The number of carbonyl (C=O) groups excluding carboxylic acids is 1. The van der Waals surface area contributed by atoms with Gasteiger partial charge in [0.15, 0.2) is 5.69 Å². The van der Waals surface area contributed by atoms with E-state index < -0.39 is 10.0 Å². The number of nitrogens with zero attached hydrogens (tertiary/aromatic N) is 5. The number of rotatable bonds is 4. The molecule has 0 bridgehead atoms. The number of aromatic nitrogens is 2. The molecule has 1 aliphatic carbocycles. The van der Waals surface area contributed by atoms with E-state index in [9.17, 15) is 22.9 Å². The molecule has 3 aromatic rings. The number of carbonyl (C=O) groups is 1. The maximum atomic E-state index is 13.5. The summed E-state index contributed by atoms with van der Waals surface area (Å²) in [6, 6.07) is 14.1. The van der Waals surface area contributed by atoms with Crippen molar-refractivity contribution in [2.45, 2.75) is 30.6 Å². The molecule has 0 saturated carbocycles. The zero-order chi connectivity index (χ0) is 24.6. The van der Waals surface area contributed by atoms with Crippen molar-refractivity contribution in [2.24, 2.45) is 0 Å². The number of nitriles is 1. The highest BCUT2D eigenvalue weighted by Gasteiger charge is 2.34. The van der Waals surface area contributed by atoms with E-state index in [-0.39, 0.29) is 48.4 Å². The fourth-order valence-electron chi connectivity index (χ4n) is 4.77. The molecule has 0 radical (unpaired) electrons. The van der Waals surface area contributed by atoms with Crippen LogP contribution in [0.4, 0.5) is 4.39 Å². The number of piperazine rings is 1. The summed E-state index contributed by atoms with van der Waals surface area (Å²) in [6.07, 6.45) is 3.50. The summed E-state index contributed by atoms with van der Waals surface area (Å²) in [5, 5.41) is 13.9. The molecular weight excluding hydrogens is 469 g/mol. The Morgan fingerprint density at radius 2 is 1.66 bits per heavy atom. The molecule has 0 spiro atoms. The number of halogens is 1. The van der Waals surface area contributed by atoms with Crippen LogP contribution in [0.3, 0.4) is 0 Å². The number of fused-ring (bicyclic) bond motifs is 1. The van der Waals surface area contributed by atoms with Crippen LogP contribution in [0.2, 0.25) is 0 Å². The number of hydrogen-bond acceptors (Lipinski definition) is 5. The molecule has 1 aromatic heterocycles. The number of hydrogen-bond donors (Lipinski definition) is 0. The van der Waals surface area contributed by atoms with Crippen molar-refractivity contribution in [3.63, 3.8) is 0 Å². The van der Waals surface area contributed by atoms with Gasteiger partial charge in [0, 0.05) is 37.4 Å². The van der Waals surface area contributed by atoms with Crippen LogP contribution in [0, 0.1) is 17.1 Å². The van der Waals surface area contributed by atoms with Crippen LogP contribution in [0.1, 0.15) is 40.2 Å². The Hall–Kier alpha value is -3.55. The Labute approximate surface area is 203 Å². The lowest BCUT2D eigenvalue weighted by Crippen LogP contribution is -2.50. The van der Waals surface area contributed by atoms with E-state index in [0.29, 0.717) is 11.4 Å². The van der Waals surface area contributed by atoms with Crippen LogP contribution in [0.25, 0.3) is 5.69 Å². The van der Waals surface area contributed by atoms with Gasteiger partial charge in [-0.1, -0.05) is 12.1 Å². The first-order chi connectivity index (χ1) is 16.9. The van der Waals surface area contributed by atoms with Crippen molar-refractivity contribution >= 4 is 15.9 Å². The third kappa shape index (κ3) is 4.22. The summed E-state index contributed by atoms with van der Waals surface area (Å²) in [5.41, 5.74) is 3.08. The van der Waals surface area contributed by atoms with E-state index in [1.807, 2.05) is 6.07 Å². The van der Waals surface area contributed by atoms with E-state index in [1.165, 1.54) is 28.6 Å². The Balaban J connectivity index is 1.37. The molecule has 2 aromatic carbocycles. The van der Waals surface area contributed by atoms with Gasteiger partial charge in [-0.15, -0.1) is 0 Å². The maximum absolute atomic E-state index is 13.5. The monoisotopic (exact) mass is 493 g/mol. The van der Waals surface area contributed by atoms with Crippen LogP contribution in [-0.2, 0) is 22.9 Å². The quantitative estimate of drug-likeness (QED) is 0.557.